The molecule has 0 aliphatic heterocycles. The highest BCUT2D eigenvalue weighted by atomic mass is 19.1. The van der Waals surface area contributed by atoms with Crippen LogP contribution in [-0.4, -0.2) is 19.9 Å². The highest BCUT2D eigenvalue weighted by molar-refractivity contribution is 6.06. The van der Waals surface area contributed by atoms with Gasteiger partial charge in [-0.15, -0.1) is 0 Å². The molecular weight excluding hydrogens is 353 g/mol. The van der Waals surface area contributed by atoms with E-state index in [4.69, 9.17) is 5.73 Å². The highest BCUT2D eigenvalue weighted by Crippen LogP contribution is 2.35. The van der Waals surface area contributed by atoms with Gasteiger partial charge >= 0.3 is 0 Å². The van der Waals surface area contributed by atoms with Crippen molar-refractivity contribution in [2.45, 2.75) is 0 Å². The van der Waals surface area contributed by atoms with Gasteiger partial charge in [-0.05, 0) is 35.2 Å². The second kappa shape index (κ2) is 6.35. The van der Waals surface area contributed by atoms with Gasteiger partial charge in [-0.25, -0.2) is 19.3 Å². The zero-order valence-corrected chi connectivity index (χ0v) is 14.7. The molecule has 0 aliphatic rings. The van der Waals surface area contributed by atoms with E-state index in [9.17, 15) is 4.39 Å². The van der Waals surface area contributed by atoms with E-state index in [1.165, 1.54) is 6.07 Å². The van der Waals surface area contributed by atoms with E-state index in [1.807, 2.05) is 30.3 Å². The fourth-order valence-corrected chi connectivity index (χ4v) is 3.43. The number of rotatable bonds is 2. The Balaban J connectivity index is 1.88. The third kappa shape index (κ3) is 2.54. The summed E-state index contributed by atoms with van der Waals surface area (Å²) in [7, 11) is 0. The van der Waals surface area contributed by atoms with Crippen LogP contribution < -0.4 is 5.73 Å². The average molecular weight is 367 g/mol. The van der Waals surface area contributed by atoms with Crippen molar-refractivity contribution in [2.24, 2.45) is 0 Å². The lowest BCUT2D eigenvalue weighted by molar-refractivity contribution is 0.631. The molecule has 0 unspecified atom stereocenters. The molecule has 5 aromatic rings. The Morgan fingerprint density at radius 1 is 0.714 bits per heavy atom. The molecule has 0 saturated heterocycles. The number of nitrogen functional groups attached to an aromatic ring is 1. The van der Waals surface area contributed by atoms with Crippen LogP contribution in [0, 0.1) is 5.82 Å². The largest absolute Gasteiger partial charge is 0.383 e. The summed E-state index contributed by atoms with van der Waals surface area (Å²) in [6.07, 6.45) is 4.88. The van der Waals surface area contributed by atoms with Crippen LogP contribution in [0.3, 0.4) is 0 Å². The molecular formula is C22H14FN5. The average Bonchev–Trinajstić information content (AvgIpc) is 2.73. The zero-order chi connectivity index (χ0) is 19.1. The Labute approximate surface area is 159 Å². The minimum atomic E-state index is -0.337. The summed E-state index contributed by atoms with van der Waals surface area (Å²) in [5.41, 5.74) is 9.80. The van der Waals surface area contributed by atoms with Crippen LogP contribution in [0.1, 0.15) is 0 Å². The van der Waals surface area contributed by atoms with Crippen molar-refractivity contribution in [3.8, 4) is 22.4 Å². The first kappa shape index (κ1) is 16.3. The van der Waals surface area contributed by atoms with Crippen LogP contribution in [0.25, 0.3) is 44.3 Å². The number of benzene rings is 2. The fourth-order valence-electron chi connectivity index (χ4n) is 3.43. The Morgan fingerprint density at radius 2 is 1.54 bits per heavy atom. The predicted molar refractivity (Wildman–Crippen MR) is 108 cm³/mol. The molecule has 3 heterocycles. The van der Waals surface area contributed by atoms with Crippen LogP contribution in [0.2, 0.25) is 0 Å². The first-order valence-electron chi connectivity index (χ1n) is 8.72. The summed E-state index contributed by atoms with van der Waals surface area (Å²) >= 11 is 0. The van der Waals surface area contributed by atoms with Crippen LogP contribution >= 0.6 is 0 Å². The van der Waals surface area contributed by atoms with Gasteiger partial charge in [0.15, 0.2) is 5.65 Å². The van der Waals surface area contributed by atoms with Gasteiger partial charge in [-0.2, -0.15) is 0 Å². The maximum absolute atomic E-state index is 14.4. The number of pyridine rings is 2. The summed E-state index contributed by atoms with van der Waals surface area (Å²) in [5.74, 6) is 0.119. The molecule has 0 atom stereocenters. The van der Waals surface area contributed by atoms with Gasteiger partial charge in [0.05, 0.1) is 5.69 Å². The van der Waals surface area contributed by atoms with E-state index in [0.717, 1.165) is 21.9 Å². The summed E-state index contributed by atoms with van der Waals surface area (Å²) < 4.78 is 14.4. The van der Waals surface area contributed by atoms with E-state index >= 15 is 0 Å². The molecule has 0 aliphatic carbocycles. The third-order valence-electron chi connectivity index (χ3n) is 4.72. The lowest BCUT2D eigenvalue weighted by Crippen LogP contribution is -1.96. The second-order valence-electron chi connectivity index (χ2n) is 6.36. The Hall–Kier alpha value is -3.93. The van der Waals surface area contributed by atoms with Crippen molar-refractivity contribution < 1.29 is 4.39 Å². The molecule has 2 N–H and O–H groups in total. The lowest BCUT2D eigenvalue weighted by atomic mass is 9.97. The summed E-state index contributed by atoms with van der Waals surface area (Å²) in [5, 5.41) is 1.79. The Morgan fingerprint density at radius 3 is 2.43 bits per heavy atom. The van der Waals surface area contributed by atoms with Crippen molar-refractivity contribution in [1.29, 1.82) is 0 Å². The number of nitrogens with two attached hydrogens (primary N) is 1. The number of hydrogen-bond acceptors (Lipinski definition) is 5. The SMILES string of the molecule is Nc1nccc2c(-c3cc(-c4ccccc4F)nc4nccnc34)cccc12. The molecule has 5 rings (SSSR count). The van der Waals surface area contributed by atoms with Crippen molar-refractivity contribution in [1.82, 2.24) is 19.9 Å². The minimum absolute atomic E-state index is 0.337. The molecule has 6 heteroatoms. The summed E-state index contributed by atoms with van der Waals surface area (Å²) in [6, 6.07) is 16.1. The maximum Gasteiger partial charge on any atom is 0.179 e. The van der Waals surface area contributed by atoms with Gasteiger partial charge in [0, 0.05) is 35.1 Å². The third-order valence-corrected chi connectivity index (χ3v) is 4.72. The molecule has 3 aromatic heterocycles. The lowest BCUT2D eigenvalue weighted by Gasteiger charge is -2.12. The molecule has 0 amide bonds. The van der Waals surface area contributed by atoms with Gasteiger partial charge in [0.25, 0.3) is 0 Å². The number of hydrogen-bond donors (Lipinski definition) is 1. The van der Waals surface area contributed by atoms with E-state index < -0.39 is 0 Å². The van der Waals surface area contributed by atoms with Gasteiger partial charge in [-0.3, -0.25) is 4.98 Å². The molecule has 0 radical (unpaired) electrons. The molecule has 0 spiro atoms. The van der Waals surface area contributed by atoms with Gasteiger partial charge in [0.2, 0.25) is 0 Å². The minimum Gasteiger partial charge on any atom is -0.383 e. The quantitative estimate of drug-likeness (QED) is 0.492. The Bertz CT molecular complexity index is 1350. The smallest absolute Gasteiger partial charge is 0.179 e. The standard InChI is InChI=1S/C22H14FN5/c23-18-7-2-1-4-16(18)19-12-17(20-22(28-19)27-11-10-25-20)13-5-3-6-15-14(13)8-9-26-21(15)24/h1-12H,(H2,24,26). The molecule has 134 valence electrons. The molecule has 0 saturated carbocycles. The van der Waals surface area contributed by atoms with Crippen molar-refractivity contribution in [3.63, 3.8) is 0 Å². The summed E-state index contributed by atoms with van der Waals surface area (Å²) in [6.45, 7) is 0. The Kier molecular flexibility index (Phi) is 3.69. The van der Waals surface area contributed by atoms with E-state index in [-0.39, 0.29) is 5.82 Å². The fraction of sp³-hybridized carbons (Fsp3) is 0. The van der Waals surface area contributed by atoms with Gasteiger partial charge in [-0.1, -0.05) is 30.3 Å². The van der Waals surface area contributed by atoms with Crippen LogP contribution in [0.5, 0.6) is 0 Å². The molecule has 0 bridgehead atoms. The zero-order valence-electron chi connectivity index (χ0n) is 14.7. The predicted octanol–water partition coefficient (Wildman–Crippen LogP) is 4.63. The summed E-state index contributed by atoms with van der Waals surface area (Å²) in [4.78, 5) is 17.5. The number of halogens is 1. The van der Waals surface area contributed by atoms with Gasteiger partial charge in [0.1, 0.15) is 17.2 Å². The molecule has 2 aromatic carbocycles. The van der Waals surface area contributed by atoms with Crippen LogP contribution in [0.4, 0.5) is 10.2 Å². The van der Waals surface area contributed by atoms with Crippen molar-refractivity contribution in [3.05, 3.63) is 79.0 Å². The second-order valence-corrected chi connectivity index (χ2v) is 6.36. The molecule has 0 fully saturated rings. The first-order chi connectivity index (χ1) is 13.7. The number of fused-ring (bicyclic) bond motifs is 2. The van der Waals surface area contributed by atoms with Crippen LogP contribution in [0.15, 0.2) is 73.2 Å². The molecule has 28 heavy (non-hydrogen) atoms. The first-order valence-corrected chi connectivity index (χ1v) is 8.72. The van der Waals surface area contributed by atoms with Crippen LogP contribution in [-0.2, 0) is 0 Å². The number of anilines is 1. The van der Waals surface area contributed by atoms with Crippen molar-refractivity contribution in [2.75, 3.05) is 5.73 Å². The van der Waals surface area contributed by atoms with Gasteiger partial charge < -0.3 is 5.73 Å². The monoisotopic (exact) mass is 367 g/mol. The van der Waals surface area contributed by atoms with E-state index in [0.29, 0.717) is 28.2 Å². The number of aromatic nitrogens is 4. The van der Waals surface area contributed by atoms with Crippen molar-refractivity contribution >= 4 is 27.8 Å². The maximum atomic E-state index is 14.4. The van der Waals surface area contributed by atoms with E-state index in [1.54, 1.807) is 36.8 Å². The normalized spacial score (nSPS) is 11.2. The highest BCUT2D eigenvalue weighted by Gasteiger charge is 2.15. The van der Waals surface area contributed by atoms with E-state index in [2.05, 4.69) is 19.9 Å². The topological polar surface area (TPSA) is 77.6 Å². The number of nitrogens with zero attached hydrogens (tertiary/aromatic N) is 4. The molecule has 5 nitrogen and oxygen atoms in total.